The fraction of sp³-hybridized carbons (Fsp3) is 0.667. The van der Waals surface area contributed by atoms with Crippen LogP contribution in [0.5, 0.6) is 0 Å². The van der Waals surface area contributed by atoms with Gasteiger partial charge in [-0.2, -0.15) is 0 Å². The lowest BCUT2D eigenvalue weighted by Crippen LogP contribution is -2.44. The quantitative estimate of drug-likeness (QED) is 0.560. The number of rotatable bonds is 12. The maximum Gasteiger partial charge on any atom is 0.222 e. The normalized spacial score (nSPS) is 18.9. The number of hydrogen-bond acceptors (Lipinski definition) is 4. The third-order valence-electron chi connectivity index (χ3n) is 5.04. The number of aliphatic hydroxyl groups excluding tert-OH is 1. The van der Waals surface area contributed by atoms with Crippen molar-refractivity contribution < 1.29 is 14.6 Å². The molecule has 0 bridgehead atoms. The van der Waals surface area contributed by atoms with Crippen LogP contribution in [-0.2, 0) is 16.0 Å². The lowest BCUT2D eigenvalue weighted by molar-refractivity contribution is -0.136. The van der Waals surface area contributed by atoms with Crippen LogP contribution < -0.4 is 5.73 Å². The fourth-order valence-corrected chi connectivity index (χ4v) is 3.64. The van der Waals surface area contributed by atoms with E-state index in [0.29, 0.717) is 32.6 Å². The summed E-state index contributed by atoms with van der Waals surface area (Å²) in [5, 5.41) is 10.4. The zero-order chi connectivity index (χ0) is 18.6. The smallest absolute Gasteiger partial charge is 0.222 e. The lowest BCUT2D eigenvalue weighted by atomic mass is 9.94. The summed E-state index contributed by atoms with van der Waals surface area (Å²) in [5.74, 6) is 0.265. The molecule has 1 saturated heterocycles. The van der Waals surface area contributed by atoms with Crippen LogP contribution >= 0.6 is 0 Å². The largest absolute Gasteiger partial charge is 0.393 e. The average molecular weight is 363 g/mol. The average Bonchev–Trinajstić information content (AvgIpc) is 2.65. The minimum Gasteiger partial charge on any atom is -0.393 e. The third kappa shape index (κ3) is 7.44. The molecular formula is C21H34N2O3. The topological polar surface area (TPSA) is 75.8 Å². The van der Waals surface area contributed by atoms with E-state index in [-0.39, 0.29) is 18.1 Å². The lowest BCUT2D eigenvalue weighted by Gasteiger charge is -2.36. The molecule has 26 heavy (non-hydrogen) atoms. The van der Waals surface area contributed by atoms with Gasteiger partial charge in [0.2, 0.25) is 5.91 Å². The zero-order valence-electron chi connectivity index (χ0n) is 15.8. The van der Waals surface area contributed by atoms with E-state index in [9.17, 15) is 9.90 Å². The number of unbranched alkanes of at least 4 members (excludes halogenated alkanes) is 1. The molecule has 0 aromatic heterocycles. The minimum atomic E-state index is -0.346. The van der Waals surface area contributed by atoms with E-state index in [0.717, 1.165) is 50.6 Å². The molecule has 5 heteroatoms. The number of likely N-dealkylation sites (tertiary alicyclic amines) is 1. The predicted molar refractivity (Wildman–Crippen MR) is 104 cm³/mol. The molecule has 146 valence electrons. The molecule has 1 unspecified atom stereocenters. The van der Waals surface area contributed by atoms with Crippen LogP contribution in [0.15, 0.2) is 30.3 Å². The summed E-state index contributed by atoms with van der Waals surface area (Å²) in [6, 6.07) is 10.4. The number of aliphatic hydroxyl groups is 1. The van der Waals surface area contributed by atoms with E-state index in [1.165, 1.54) is 0 Å². The van der Waals surface area contributed by atoms with Crippen LogP contribution in [0.25, 0.3) is 0 Å². The highest BCUT2D eigenvalue weighted by Crippen LogP contribution is 2.23. The summed E-state index contributed by atoms with van der Waals surface area (Å²) in [4.78, 5) is 14.4. The molecule has 1 aliphatic rings. The van der Waals surface area contributed by atoms with Gasteiger partial charge in [-0.3, -0.25) is 4.79 Å². The maximum absolute atomic E-state index is 12.3. The number of carbonyl (C=O) groups is 1. The van der Waals surface area contributed by atoms with Gasteiger partial charge in [0.1, 0.15) is 0 Å². The summed E-state index contributed by atoms with van der Waals surface area (Å²) >= 11 is 0. The van der Waals surface area contributed by atoms with Crippen LogP contribution in [-0.4, -0.2) is 54.4 Å². The number of amides is 1. The van der Waals surface area contributed by atoms with Crippen LogP contribution in [0.4, 0.5) is 0 Å². The Balaban J connectivity index is 1.73. The number of nitrogens with zero attached hydrogens (tertiary/aromatic N) is 1. The van der Waals surface area contributed by atoms with Crippen molar-refractivity contribution in [2.45, 2.75) is 63.5 Å². The van der Waals surface area contributed by atoms with E-state index in [1.807, 2.05) is 35.2 Å². The SMILES string of the molecule is NCCOCCCCN1C(=O)CCCC1CC[C@@H](O)Cc1ccccc1. The summed E-state index contributed by atoms with van der Waals surface area (Å²) < 4.78 is 5.40. The Morgan fingerprint density at radius 1 is 1.23 bits per heavy atom. The number of benzene rings is 1. The molecule has 0 aliphatic carbocycles. The van der Waals surface area contributed by atoms with Crippen LogP contribution in [0.1, 0.15) is 50.5 Å². The van der Waals surface area contributed by atoms with Gasteiger partial charge < -0.3 is 20.5 Å². The molecule has 0 radical (unpaired) electrons. The Morgan fingerprint density at radius 2 is 2.04 bits per heavy atom. The predicted octanol–water partition coefficient (Wildman–Crippen LogP) is 2.51. The second-order valence-electron chi connectivity index (χ2n) is 7.16. The van der Waals surface area contributed by atoms with Gasteiger partial charge in [0, 0.05) is 32.2 Å². The van der Waals surface area contributed by atoms with Crippen molar-refractivity contribution in [1.82, 2.24) is 4.90 Å². The van der Waals surface area contributed by atoms with Gasteiger partial charge in [0.05, 0.1) is 12.7 Å². The Kier molecular flexibility index (Phi) is 9.67. The fourth-order valence-electron chi connectivity index (χ4n) is 3.64. The number of hydrogen-bond donors (Lipinski definition) is 2. The molecule has 0 saturated carbocycles. The summed E-state index contributed by atoms with van der Waals surface area (Å²) in [6.45, 7) is 2.66. The van der Waals surface area contributed by atoms with Crippen molar-refractivity contribution in [3.05, 3.63) is 35.9 Å². The molecule has 1 heterocycles. The molecule has 1 aromatic carbocycles. The van der Waals surface area contributed by atoms with Crippen LogP contribution in [0.3, 0.4) is 0 Å². The highest BCUT2D eigenvalue weighted by Gasteiger charge is 2.27. The number of carbonyl (C=O) groups excluding carboxylic acids is 1. The maximum atomic E-state index is 12.3. The Bertz CT molecular complexity index is 509. The van der Waals surface area contributed by atoms with Gasteiger partial charge in [-0.05, 0) is 50.5 Å². The molecule has 1 fully saturated rings. The van der Waals surface area contributed by atoms with Crippen LogP contribution in [0, 0.1) is 0 Å². The van der Waals surface area contributed by atoms with Crippen molar-refractivity contribution in [2.24, 2.45) is 5.73 Å². The van der Waals surface area contributed by atoms with Gasteiger partial charge in [-0.1, -0.05) is 30.3 Å². The molecule has 2 atom stereocenters. The van der Waals surface area contributed by atoms with Crippen LogP contribution in [0.2, 0.25) is 0 Å². The van der Waals surface area contributed by atoms with Gasteiger partial charge in [-0.25, -0.2) is 0 Å². The van der Waals surface area contributed by atoms with E-state index in [1.54, 1.807) is 0 Å². The molecule has 3 N–H and O–H groups in total. The highest BCUT2D eigenvalue weighted by atomic mass is 16.5. The Morgan fingerprint density at radius 3 is 2.81 bits per heavy atom. The van der Waals surface area contributed by atoms with Crippen molar-refractivity contribution in [2.75, 3.05) is 26.3 Å². The summed E-state index contributed by atoms with van der Waals surface area (Å²) in [5.41, 5.74) is 6.57. The molecule has 1 amide bonds. The minimum absolute atomic E-state index is 0.265. The second kappa shape index (κ2) is 12.0. The van der Waals surface area contributed by atoms with Gasteiger partial charge in [-0.15, -0.1) is 0 Å². The van der Waals surface area contributed by atoms with E-state index < -0.39 is 0 Å². The molecular weight excluding hydrogens is 328 g/mol. The van der Waals surface area contributed by atoms with Crippen molar-refractivity contribution in [3.63, 3.8) is 0 Å². The van der Waals surface area contributed by atoms with Gasteiger partial charge in [0.15, 0.2) is 0 Å². The highest BCUT2D eigenvalue weighted by molar-refractivity contribution is 5.77. The van der Waals surface area contributed by atoms with Crippen molar-refractivity contribution in [1.29, 1.82) is 0 Å². The third-order valence-corrected chi connectivity index (χ3v) is 5.04. The van der Waals surface area contributed by atoms with Gasteiger partial charge >= 0.3 is 0 Å². The van der Waals surface area contributed by atoms with Gasteiger partial charge in [0.25, 0.3) is 0 Å². The molecule has 0 spiro atoms. The number of nitrogens with two attached hydrogens (primary N) is 1. The first-order chi connectivity index (χ1) is 12.7. The first kappa shape index (κ1) is 20.9. The summed E-state index contributed by atoms with van der Waals surface area (Å²) in [7, 11) is 0. The Labute approximate surface area is 157 Å². The van der Waals surface area contributed by atoms with Crippen molar-refractivity contribution >= 4 is 5.91 Å². The second-order valence-corrected chi connectivity index (χ2v) is 7.16. The Hall–Kier alpha value is -1.43. The molecule has 1 aliphatic heterocycles. The van der Waals surface area contributed by atoms with E-state index in [2.05, 4.69) is 0 Å². The monoisotopic (exact) mass is 362 g/mol. The molecule has 1 aromatic rings. The standard InChI is InChI=1S/C21H34N2O3/c22-13-16-26-15-5-4-14-23-19(9-6-10-21(23)25)11-12-20(24)17-18-7-2-1-3-8-18/h1-3,7-8,19-20,24H,4-6,9-17,22H2/t19?,20-/m1/s1. The zero-order valence-corrected chi connectivity index (χ0v) is 15.8. The first-order valence-electron chi connectivity index (χ1n) is 10.00. The number of piperidine rings is 1. The van der Waals surface area contributed by atoms with E-state index in [4.69, 9.17) is 10.5 Å². The molecule has 2 rings (SSSR count). The first-order valence-corrected chi connectivity index (χ1v) is 10.00. The molecule has 5 nitrogen and oxygen atoms in total. The summed E-state index contributed by atoms with van der Waals surface area (Å²) in [6.07, 6.45) is 6.54. The van der Waals surface area contributed by atoms with E-state index >= 15 is 0 Å². The van der Waals surface area contributed by atoms with Crippen molar-refractivity contribution in [3.8, 4) is 0 Å². The number of ether oxygens (including phenoxy) is 1.